The van der Waals surface area contributed by atoms with Crippen molar-refractivity contribution in [3.05, 3.63) is 65.2 Å². The van der Waals surface area contributed by atoms with Crippen LogP contribution in [0.5, 0.6) is 0 Å². The van der Waals surface area contributed by atoms with Gasteiger partial charge in [-0.3, -0.25) is 9.69 Å². The number of benzene rings is 2. The van der Waals surface area contributed by atoms with Crippen LogP contribution in [0.15, 0.2) is 53.4 Å². The quantitative estimate of drug-likeness (QED) is 0.584. The number of nitrogens with zero attached hydrogens (tertiary/aromatic N) is 2. The zero-order valence-corrected chi connectivity index (χ0v) is 18.3. The molecule has 164 valence electrons. The van der Waals surface area contributed by atoms with Crippen molar-refractivity contribution in [1.29, 1.82) is 5.26 Å². The maximum atomic E-state index is 12.4. The lowest BCUT2D eigenvalue weighted by Gasteiger charge is -2.26. The Kier molecular flexibility index (Phi) is 8.18. The first-order valence-electron chi connectivity index (χ1n) is 10.5. The zero-order valence-electron chi connectivity index (χ0n) is 17.5. The molecule has 1 aliphatic heterocycles. The summed E-state index contributed by atoms with van der Waals surface area (Å²) in [5.74, 6) is -0.265. The summed E-state index contributed by atoms with van der Waals surface area (Å²) >= 11 is 0. The van der Waals surface area contributed by atoms with Crippen molar-refractivity contribution in [3.8, 4) is 6.07 Å². The van der Waals surface area contributed by atoms with Gasteiger partial charge in [-0.05, 0) is 61.3 Å². The summed E-state index contributed by atoms with van der Waals surface area (Å²) in [7, 11) is -3.68. The molecule has 1 amide bonds. The molecular formula is C23H28N4O3S. The van der Waals surface area contributed by atoms with Gasteiger partial charge in [-0.25, -0.2) is 13.1 Å². The molecule has 0 aromatic heterocycles. The predicted molar refractivity (Wildman–Crippen MR) is 119 cm³/mol. The molecule has 2 aromatic carbocycles. The lowest BCUT2D eigenvalue weighted by atomic mass is 10.1. The molecule has 0 atom stereocenters. The molecule has 1 aliphatic rings. The van der Waals surface area contributed by atoms with E-state index in [1.165, 1.54) is 49.1 Å². The maximum absolute atomic E-state index is 12.4. The molecule has 0 radical (unpaired) electrons. The van der Waals surface area contributed by atoms with Gasteiger partial charge in [-0.2, -0.15) is 5.26 Å². The third-order valence-electron chi connectivity index (χ3n) is 5.29. The molecule has 0 saturated carbocycles. The van der Waals surface area contributed by atoms with E-state index in [2.05, 4.69) is 27.1 Å². The molecule has 31 heavy (non-hydrogen) atoms. The highest BCUT2D eigenvalue weighted by atomic mass is 32.2. The van der Waals surface area contributed by atoms with Gasteiger partial charge in [0.1, 0.15) is 0 Å². The van der Waals surface area contributed by atoms with Crippen molar-refractivity contribution in [2.75, 3.05) is 19.6 Å². The Morgan fingerprint density at radius 3 is 2.26 bits per heavy atom. The van der Waals surface area contributed by atoms with Crippen LogP contribution in [0.3, 0.4) is 0 Å². The minimum Gasteiger partial charge on any atom is -0.348 e. The molecular weight excluding hydrogens is 412 g/mol. The Labute approximate surface area is 184 Å². The Balaban J connectivity index is 1.50. The molecule has 0 unspecified atom stereocenters. The SMILES string of the molecule is N#CCCNS(=O)(=O)c1ccc(C(=O)NCc2ccc(CN3CCCCC3)cc2)cc1. The number of hydrogen-bond donors (Lipinski definition) is 2. The van der Waals surface area contributed by atoms with Crippen LogP contribution in [0.1, 0.15) is 47.2 Å². The molecule has 1 heterocycles. The highest BCUT2D eigenvalue weighted by molar-refractivity contribution is 7.89. The average molecular weight is 441 g/mol. The van der Waals surface area contributed by atoms with Crippen LogP contribution < -0.4 is 10.0 Å². The molecule has 3 rings (SSSR count). The monoisotopic (exact) mass is 440 g/mol. The second kappa shape index (κ2) is 11.0. The fourth-order valence-corrected chi connectivity index (χ4v) is 4.56. The van der Waals surface area contributed by atoms with Gasteiger partial charge >= 0.3 is 0 Å². The fraction of sp³-hybridized carbons (Fsp3) is 0.391. The van der Waals surface area contributed by atoms with Gasteiger partial charge in [0.05, 0.1) is 11.0 Å². The Hall–Kier alpha value is -2.73. The van der Waals surface area contributed by atoms with E-state index in [-0.39, 0.29) is 23.8 Å². The van der Waals surface area contributed by atoms with Crippen molar-refractivity contribution < 1.29 is 13.2 Å². The largest absolute Gasteiger partial charge is 0.348 e. The number of nitrogens with one attached hydrogen (secondary N) is 2. The first-order valence-corrected chi connectivity index (χ1v) is 12.0. The van der Waals surface area contributed by atoms with Crippen LogP contribution in [-0.4, -0.2) is 38.9 Å². The molecule has 1 saturated heterocycles. The second-order valence-corrected chi connectivity index (χ2v) is 9.43. The first kappa shape index (κ1) is 22.9. The molecule has 7 nitrogen and oxygen atoms in total. The van der Waals surface area contributed by atoms with Gasteiger partial charge in [0, 0.05) is 31.6 Å². The van der Waals surface area contributed by atoms with E-state index < -0.39 is 10.0 Å². The highest BCUT2D eigenvalue weighted by Gasteiger charge is 2.14. The molecule has 8 heteroatoms. The van der Waals surface area contributed by atoms with E-state index in [0.717, 1.165) is 25.2 Å². The zero-order chi connectivity index (χ0) is 22.1. The minimum atomic E-state index is -3.68. The Morgan fingerprint density at radius 1 is 0.968 bits per heavy atom. The van der Waals surface area contributed by atoms with Gasteiger partial charge in [0.15, 0.2) is 0 Å². The molecule has 1 fully saturated rings. The minimum absolute atomic E-state index is 0.0535. The van der Waals surface area contributed by atoms with Crippen molar-refractivity contribution in [1.82, 2.24) is 14.9 Å². The summed E-state index contributed by atoms with van der Waals surface area (Å²) < 4.78 is 26.6. The number of likely N-dealkylation sites (tertiary alicyclic amines) is 1. The second-order valence-electron chi connectivity index (χ2n) is 7.67. The van der Waals surface area contributed by atoms with Crippen molar-refractivity contribution >= 4 is 15.9 Å². The van der Waals surface area contributed by atoms with Crippen LogP contribution in [0.25, 0.3) is 0 Å². The number of hydrogen-bond acceptors (Lipinski definition) is 5. The number of rotatable bonds is 9. The van der Waals surface area contributed by atoms with Crippen molar-refractivity contribution in [2.24, 2.45) is 0 Å². The van der Waals surface area contributed by atoms with Gasteiger partial charge in [-0.15, -0.1) is 0 Å². The summed E-state index contributed by atoms with van der Waals surface area (Å²) in [6.07, 6.45) is 3.97. The standard InChI is InChI=1S/C23H28N4O3S/c24-13-4-14-26-31(29,30)22-11-9-21(10-12-22)23(28)25-17-19-5-7-20(8-6-19)18-27-15-2-1-3-16-27/h5-12,26H,1-4,14-18H2,(H,25,28). The Morgan fingerprint density at radius 2 is 1.61 bits per heavy atom. The van der Waals surface area contributed by atoms with Gasteiger partial charge in [0.25, 0.3) is 5.91 Å². The highest BCUT2D eigenvalue weighted by Crippen LogP contribution is 2.14. The number of carbonyl (C=O) groups is 1. The lowest BCUT2D eigenvalue weighted by Crippen LogP contribution is -2.29. The lowest BCUT2D eigenvalue weighted by molar-refractivity contribution is 0.0951. The smallest absolute Gasteiger partial charge is 0.251 e. The number of nitriles is 1. The molecule has 2 aromatic rings. The van der Waals surface area contributed by atoms with Crippen molar-refractivity contribution in [2.45, 2.75) is 43.7 Å². The van der Waals surface area contributed by atoms with Crippen LogP contribution in [0.4, 0.5) is 0 Å². The van der Waals surface area contributed by atoms with Crippen LogP contribution in [0, 0.1) is 11.3 Å². The summed E-state index contributed by atoms with van der Waals surface area (Å²) in [6, 6.07) is 15.9. The van der Waals surface area contributed by atoms with E-state index in [9.17, 15) is 13.2 Å². The summed E-state index contributed by atoms with van der Waals surface area (Å²) in [5.41, 5.74) is 2.67. The predicted octanol–water partition coefficient (Wildman–Crippen LogP) is 2.79. The first-order chi connectivity index (χ1) is 15.0. The number of carbonyl (C=O) groups excluding carboxylic acids is 1. The average Bonchev–Trinajstić information content (AvgIpc) is 2.79. The van der Waals surface area contributed by atoms with Gasteiger partial charge in [-0.1, -0.05) is 30.7 Å². The van der Waals surface area contributed by atoms with Crippen LogP contribution >= 0.6 is 0 Å². The van der Waals surface area contributed by atoms with Gasteiger partial charge in [0.2, 0.25) is 10.0 Å². The van der Waals surface area contributed by atoms with E-state index in [1.54, 1.807) is 0 Å². The number of amides is 1. The number of sulfonamides is 1. The third-order valence-corrected chi connectivity index (χ3v) is 6.76. The normalized spacial score (nSPS) is 14.7. The van der Waals surface area contributed by atoms with E-state index in [4.69, 9.17) is 5.26 Å². The van der Waals surface area contributed by atoms with Crippen LogP contribution in [-0.2, 0) is 23.1 Å². The third kappa shape index (κ3) is 6.89. The van der Waals surface area contributed by atoms with Crippen LogP contribution in [0.2, 0.25) is 0 Å². The molecule has 0 bridgehead atoms. The van der Waals surface area contributed by atoms with E-state index >= 15 is 0 Å². The topological polar surface area (TPSA) is 102 Å². The van der Waals surface area contributed by atoms with E-state index in [0.29, 0.717) is 12.1 Å². The molecule has 0 aliphatic carbocycles. The molecule has 0 spiro atoms. The molecule has 2 N–H and O–H groups in total. The summed E-state index contributed by atoms with van der Waals surface area (Å²) in [4.78, 5) is 14.9. The Bertz CT molecular complexity index is 1010. The van der Waals surface area contributed by atoms with Crippen molar-refractivity contribution in [3.63, 3.8) is 0 Å². The summed E-state index contributed by atoms with van der Waals surface area (Å²) in [6.45, 7) is 3.74. The maximum Gasteiger partial charge on any atom is 0.251 e. The fourth-order valence-electron chi connectivity index (χ4n) is 3.53. The number of piperidine rings is 1. The summed E-state index contributed by atoms with van der Waals surface area (Å²) in [5, 5.41) is 11.4. The van der Waals surface area contributed by atoms with E-state index in [1.807, 2.05) is 18.2 Å². The van der Waals surface area contributed by atoms with Gasteiger partial charge < -0.3 is 5.32 Å².